The van der Waals surface area contributed by atoms with Crippen molar-refractivity contribution >= 4 is 27.5 Å². The number of sulfonamides is 1. The third kappa shape index (κ3) is 3.91. The van der Waals surface area contributed by atoms with Gasteiger partial charge in [-0.1, -0.05) is 0 Å². The topological polar surface area (TPSA) is 96.0 Å². The highest BCUT2D eigenvalue weighted by molar-refractivity contribution is 7.98. The summed E-state index contributed by atoms with van der Waals surface area (Å²) in [5.74, 6) is 0.894. The van der Waals surface area contributed by atoms with Crippen LogP contribution in [0.4, 0.5) is 5.69 Å². The highest BCUT2D eigenvalue weighted by Crippen LogP contribution is 2.19. The van der Waals surface area contributed by atoms with Crippen LogP contribution in [0.1, 0.15) is 12.0 Å². The van der Waals surface area contributed by atoms with Gasteiger partial charge in [0.2, 0.25) is 10.0 Å². The van der Waals surface area contributed by atoms with Crippen molar-refractivity contribution in [3.8, 4) is 6.07 Å². The van der Waals surface area contributed by atoms with Gasteiger partial charge in [-0.3, -0.25) is 0 Å². The Morgan fingerprint density at radius 2 is 2.22 bits per heavy atom. The van der Waals surface area contributed by atoms with E-state index < -0.39 is 10.0 Å². The first kappa shape index (κ1) is 14.8. The van der Waals surface area contributed by atoms with Crippen molar-refractivity contribution in [1.82, 2.24) is 4.72 Å². The van der Waals surface area contributed by atoms with Gasteiger partial charge in [-0.15, -0.1) is 0 Å². The molecule has 0 spiro atoms. The lowest BCUT2D eigenvalue weighted by molar-refractivity contribution is 0.581. The molecule has 0 radical (unpaired) electrons. The first-order chi connectivity index (χ1) is 8.51. The maximum atomic E-state index is 11.9. The molecule has 1 rings (SSSR count). The maximum Gasteiger partial charge on any atom is 0.242 e. The zero-order valence-electron chi connectivity index (χ0n) is 10.0. The molecule has 0 aromatic heterocycles. The van der Waals surface area contributed by atoms with Gasteiger partial charge >= 0.3 is 0 Å². The second-order valence-corrected chi connectivity index (χ2v) is 6.33. The van der Waals surface area contributed by atoms with E-state index in [9.17, 15) is 8.42 Å². The Balaban J connectivity index is 2.82. The molecule has 0 aliphatic rings. The third-order valence-corrected chi connectivity index (χ3v) is 4.48. The van der Waals surface area contributed by atoms with Gasteiger partial charge in [0.15, 0.2) is 0 Å². The predicted octanol–water partition coefficient (Wildman–Crippen LogP) is 1.17. The minimum atomic E-state index is -3.59. The number of nitrogens with two attached hydrogens (primary N) is 1. The van der Waals surface area contributed by atoms with Gasteiger partial charge in [-0.25, -0.2) is 13.1 Å². The van der Waals surface area contributed by atoms with Gasteiger partial charge in [0.25, 0.3) is 0 Å². The first-order valence-electron chi connectivity index (χ1n) is 5.29. The standard InChI is InChI=1S/C11H15N3O2S2/c1-17-6-2-5-14-18(15,16)11-4-3-9(8-12)7-10(11)13/h3-4,7,14H,2,5-6,13H2,1H3. The van der Waals surface area contributed by atoms with E-state index in [0.717, 1.165) is 12.2 Å². The molecule has 0 amide bonds. The summed E-state index contributed by atoms with van der Waals surface area (Å²) in [5.41, 5.74) is 6.07. The van der Waals surface area contributed by atoms with E-state index in [2.05, 4.69) is 4.72 Å². The fraction of sp³-hybridized carbons (Fsp3) is 0.364. The molecular formula is C11H15N3O2S2. The van der Waals surface area contributed by atoms with Crippen molar-refractivity contribution in [2.45, 2.75) is 11.3 Å². The molecule has 7 heteroatoms. The molecule has 5 nitrogen and oxygen atoms in total. The molecule has 0 heterocycles. The van der Waals surface area contributed by atoms with Crippen molar-refractivity contribution in [3.05, 3.63) is 23.8 Å². The van der Waals surface area contributed by atoms with E-state index in [0.29, 0.717) is 12.1 Å². The summed E-state index contributed by atoms with van der Waals surface area (Å²) in [7, 11) is -3.59. The van der Waals surface area contributed by atoms with Crippen LogP contribution >= 0.6 is 11.8 Å². The molecule has 0 bridgehead atoms. The smallest absolute Gasteiger partial charge is 0.242 e. The summed E-state index contributed by atoms with van der Waals surface area (Å²) in [5, 5.41) is 8.68. The third-order valence-electron chi connectivity index (χ3n) is 2.25. The lowest BCUT2D eigenvalue weighted by Crippen LogP contribution is -2.26. The summed E-state index contributed by atoms with van der Waals surface area (Å²) in [4.78, 5) is 0.0191. The lowest BCUT2D eigenvalue weighted by atomic mass is 10.2. The van der Waals surface area contributed by atoms with Crippen molar-refractivity contribution in [3.63, 3.8) is 0 Å². The van der Waals surface area contributed by atoms with Gasteiger partial charge < -0.3 is 5.73 Å². The van der Waals surface area contributed by atoms with Crippen LogP contribution in [0, 0.1) is 11.3 Å². The summed E-state index contributed by atoms with van der Waals surface area (Å²) < 4.78 is 26.4. The highest BCUT2D eigenvalue weighted by atomic mass is 32.2. The minimum Gasteiger partial charge on any atom is -0.398 e. The number of benzene rings is 1. The van der Waals surface area contributed by atoms with E-state index in [4.69, 9.17) is 11.0 Å². The van der Waals surface area contributed by atoms with Gasteiger partial charge in [0.05, 0.1) is 17.3 Å². The summed E-state index contributed by atoms with van der Waals surface area (Å²) >= 11 is 1.66. The average molecular weight is 285 g/mol. The number of nitrogens with one attached hydrogen (secondary N) is 1. The molecule has 1 aromatic rings. The van der Waals surface area contributed by atoms with Gasteiger partial charge in [0.1, 0.15) is 4.90 Å². The quantitative estimate of drug-likeness (QED) is 0.604. The number of hydrogen-bond donors (Lipinski definition) is 2. The van der Waals surface area contributed by atoms with Crippen LogP contribution in [0.3, 0.4) is 0 Å². The van der Waals surface area contributed by atoms with Gasteiger partial charge in [-0.2, -0.15) is 17.0 Å². The molecule has 0 saturated heterocycles. The molecule has 1 aromatic carbocycles. The fourth-order valence-corrected chi connectivity index (χ4v) is 2.98. The van der Waals surface area contributed by atoms with E-state index in [1.54, 1.807) is 11.8 Å². The molecular weight excluding hydrogens is 270 g/mol. The lowest BCUT2D eigenvalue weighted by Gasteiger charge is -2.08. The Kier molecular flexibility index (Phi) is 5.47. The summed E-state index contributed by atoms with van der Waals surface area (Å²) in [6.45, 7) is 0.378. The predicted molar refractivity (Wildman–Crippen MR) is 73.8 cm³/mol. The number of nitrogens with zero attached hydrogens (tertiary/aromatic N) is 1. The molecule has 3 N–H and O–H groups in total. The minimum absolute atomic E-state index is 0.0191. The number of anilines is 1. The van der Waals surface area contributed by atoms with E-state index in [1.807, 2.05) is 12.3 Å². The molecule has 0 aliphatic carbocycles. The Bertz CT molecular complexity index is 550. The monoisotopic (exact) mass is 285 g/mol. The largest absolute Gasteiger partial charge is 0.398 e. The van der Waals surface area contributed by atoms with Crippen molar-refractivity contribution in [2.24, 2.45) is 0 Å². The number of thioether (sulfide) groups is 1. The Labute approximate surface area is 111 Å². The normalized spacial score (nSPS) is 11.1. The van der Waals surface area contributed by atoms with Crippen molar-refractivity contribution in [1.29, 1.82) is 5.26 Å². The maximum absolute atomic E-state index is 11.9. The highest BCUT2D eigenvalue weighted by Gasteiger charge is 2.16. The van der Waals surface area contributed by atoms with Crippen LogP contribution in [-0.2, 0) is 10.0 Å². The Morgan fingerprint density at radius 1 is 1.50 bits per heavy atom. The van der Waals surface area contributed by atoms with Crippen LogP contribution in [0.25, 0.3) is 0 Å². The number of hydrogen-bond acceptors (Lipinski definition) is 5. The average Bonchev–Trinajstić information content (AvgIpc) is 2.34. The zero-order valence-corrected chi connectivity index (χ0v) is 11.6. The molecule has 0 unspecified atom stereocenters. The van der Waals surface area contributed by atoms with Gasteiger partial charge in [0, 0.05) is 6.54 Å². The molecule has 0 saturated carbocycles. The zero-order chi connectivity index (χ0) is 13.6. The first-order valence-corrected chi connectivity index (χ1v) is 8.17. The van der Waals surface area contributed by atoms with Crippen LogP contribution in [0.5, 0.6) is 0 Å². The molecule has 0 fully saturated rings. The van der Waals surface area contributed by atoms with Crippen molar-refractivity contribution < 1.29 is 8.42 Å². The molecule has 0 atom stereocenters. The Morgan fingerprint density at radius 3 is 2.78 bits per heavy atom. The number of nitrogen functional groups attached to an aromatic ring is 1. The Hall–Kier alpha value is -1.23. The second-order valence-electron chi connectivity index (χ2n) is 3.61. The summed E-state index contributed by atoms with van der Waals surface area (Å²) in [6, 6.07) is 6.06. The fourth-order valence-electron chi connectivity index (χ4n) is 1.36. The van der Waals surface area contributed by atoms with E-state index in [1.165, 1.54) is 18.2 Å². The van der Waals surface area contributed by atoms with E-state index in [-0.39, 0.29) is 10.6 Å². The SMILES string of the molecule is CSCCCNS(=O)(=O)c1ccc(C#N)cc1N. The molecule has 18 heavy (non-hydrogen) atoms. The molecule has 0 aliphatic heterocycles. The van der Waals surface area contributed by atoms with Crippen LogP contribution in [0.2, 0.25) is 0 Å². The molecule has 98 valence electrons. The second kappa shape index (κ2) is 6.64. The number of rotatable bonds is 6. The van der Waals surface area contributed by atoms with Crippen molar-refractivity contribution in [2.75, 3.05) is 24.3 Å². The van der Waals surface area contributed by atoms with Crippen LogP contribution in [0.15, 0.2) is 23.1 Å². The van der Waals surface area contributed by atoms with Gasteiger partial charge in [-0.05, 0) is 36.6 Å². The van der Waals surface area contributed by atoms with Crippen LogP contribution in [-0.4, -0.2) is 27.0 Å². The van der Waals surface area contributed by atoms with E-state index >= 15 is 0 Å². The summed E-state index contributed by atoms with van der Waals surface area (Å²) in [6.07, 6.45) is 2.73. The number of nitriles is 1. The van der Waals surface area contributed by atoms with Crippen LogP contribution < -0.4 is 10.5 Å².